The Hall–Kier alpha value is -2.25. The molecule has 4 nitrogen and oxygen atoms in total. The first kappa shape index (κ1) is 19.5. The lowest BCUT2D eigenvalue weighted by atomic mass is 10.1. The molecule has 142 valence electrons. The fourth-order valence-corrected chi connectivity index (χ4v) is 3.08. The molecular weight excluding hydrogens is 404 g/mol. The van der Waals surface area contributed by atoms with Gasteiger partial charge in [0.25, 0.3) is 0 Å². The Kier molecular flexibility index (Phi) is 5.35. The SMILES string of the molecule is O=C(Nc1cc(C(F)(F)F)ccc1Cl)[C@H]1CC(=O)N(c2ccc(Cl)cc2)C1. The van der Waals surface area contributed by atoms with Crippen molar-refractivity contribution in [2.24, 2.45) is 5.92 Å². The maximum atomic E-state index is 12.8. The van der Waals surface area contributed by atoms with Gasteiger partial charge in [-0.3, -0.25) is 9.59 Å². The fraction of sp³-hybridized carbons (Fsp3) is 0.222. The second-order valence-electron chi connectivity index (χ2n) is 6.06. The van der Waals surface area contributed by atoms with Crippen LogP contribution in [0.25, 0.3) is 0 Å². The summed E-state index contributed by atoms with van der Waals surface area (Å²) < 4.78 is 38.5. The molecule has 1 saturated heterocycles. The molecule has 0 saturated carbocycles. The predicted molar refractivity (Wildman–Crippen MR) is 97.0 cm³/mol. The van der Waals surface area contributed by atoms with Gasteiger partial charge in [-0.15, -0.1) is 0 Å². The van der Waals surface area contributed by atoms with E-state index in [2.05, 4.69) is 5.32 Å². The van der Waals surface area contributed by atoms with Crippen molar-refractivity contribution in [3.8, 4) is 0 Å². The molecule has 1 aliphatic heterocycles. The molecule has 1 aliphatic rings. The molecule has 1 atom stereocenters. The average Bonchev–Trinajstić information content (AvgIpc) is 2.98. The van der Waals surface area contributed by atoms with Crippen LogP contribution in [0.1, 0.15) is 12.0 Å². The third-order valence-electron chi connectivity index (χ3n) is 4.19. The van der Waals surface area contributed by atoms with Gasteiger partial charge < -0.3 is 10.2 Å². The van der Waals surface area contributed by atoms with E-state index < -0.39 is 23.6 Å². The molecule has 0 aliphatic carbocycles. The van der Waals surface area contributed by atoms with Crippen molar-refractivity contribution >= 4 is 46.4 Å². The zero-order chi connectivity index (χ0) is 19.8. The third-order valence-corrected chi connectivity index (χ3v) is 4.77. The number of hydrogen-bond acceptors (Lipinski definition) is 2. The highest BCUT2D eigenvalue weighted by molar-refractivity contribution is 6.33. The highest BCUT2D eigenvalue weighted by Gasteiger charge is 2.36. The molecule has 2 amide bonds. The molecule has 1 heterocycles. The van der Waals surface area contributed by atoms with Crippen LogP contribution in [0.4, 0.5) is 24.5 Å². The van der Waals surface area contributed by atoms with E-state index in [4.69, 9.17) is 23.2 Å². The normalized spacial score (nSPS) is 17.3. The molecule has 1 fully saturated rings. The maximum Gasteiger partial charge on any atom is 0.416 e. The molecule has 0 aromatic heterocycles. The second kappa shape index (κ2) is 7.40. The van der Waals surface area contributed by atoms with E-state index in [0.29, 0.717) is 10.7 Å². The first-order chi connectivity index (χ1) is 12.6. The molecular formula is C18H13Cl2F3N2O2. The Balaban J connectivity index is 1.74. The fourth-order valence-electron chi connectivity index (χ4n) is 2.79. The van der Waals surface area contributed by atoms with E-state index in [1.807, 2.05) is 0 Å². The Morgan fingerprint density at radius 3 is 2.41 bits per heavy atom. The lowest BCUT2D eigenvalue weighted by molar-refractivity contribution is -0.137. The zero-order valence-corrected chi connectivity index (χ0v) is 15.2. The van der Waals surface area contributed by atoms with E-state index >= 15 is 0 Å². The number of carbonyl (C=O) groups excluding carboxylic acids is 2. The van der Waals surface area contributed by atoms with Crippen molar-refractivity contribution in [2.75, 3.05) is 16.8 Å². The van der Waals surface area contributed by atoms with Gasteiger partial charge in [-0.1, -0.05) is 23.2 Å². The molecule has 9 heteroatoms. The summed E-state index contributed by atoms with van der Waals surface area (Å²) in [6.45, 7) is 0.114. The number of amides is 2. The molecule has 2 aromatic rings. The van der Waals surface area contributed by atoms with Crippen molar-refractivity contribution < 1.29 is 22.8 Å². The second-order valence-corrected chi connectivity index (χ2v) is 6.91. The largest absolute Gasteiger partial charge is 0.416 e. The molecule has 27 heavy (non-hydrogen) atoms. The molecule has 3 rings (SSSR count). The number of anilines is 2. The van der Waals surface area contributed by atoms with Gasteiger partial charge in [0.1, 0.15) is 0 Å². The van der Waals surface area contributed by atoms with Gasteiger partial charge in [0.05, 0.1) is 22.2 Å². The van der Waals surface area contributed by atoms with Gasteiger partial charge in [0.15, 0.2) is 0 Å². The lowest BCUT2D eigenvalue weighted by Gasteiger charge is -2.17. The van der Waals surface area contributed by atoms with Crippen LogP contribution in [-0.2, 0) is 15.8 Å². The van der Waals surface area contributed by atoms with Crippen LogP contribution in [0.3, 0.4) is 0 Å². The summed E-state index contributed by atoms with van der Waals surface area (Å²) in [7, 11) is 0. The predicted octanol–water partition coefficient (Wildman–Crippen LogP) is 5.00. The van der Waals surface area contributed by atoms with Crippen LogP contribution < -0.4 is 10.2 Å². The Labute approximate surface area is 162 Å². The van der Waals surface area contributed by atoms with Gasteiger partial charge in [-0.25, -0.2) is 0 Å². The topological polar surface area (TPSA) is 49.4 Å². The van der Waals surface area contributed by atoms with Crippen LogP contribution in [0.2, 0.25) is 10.0 Å². The van der Waals surface area contributed by atoms with Crippen molar-refractivity contribution in [3.05, 3.63) is 58.1 Å². The summed E-state index contributed by atoms with van der Waals surface area (Å²) in [6.07, 6.45) is -4.61. The van der Waals surface area contributed by atoms with Crippen molar-refractivity contribution in [2.45, 2.75) is 12.6 Å². The van der Waals surface area contributed by atoms with E-state index in [1.165, 1.54) is 4.90 Å². The summed E-state index contributed by atoms with van der Waals surface area (Å²) in [6, 6.07) is 9.24. The highest BCUT2D eigenvalue weighted by atomic mass is 35.5. The van der Waals surface area contributed by atoms with Gasteiger partial charge >= 0.3 is 6.18 Å². The van der Waals surface area contributed by atoms with Crippen molar-refractivity contribution in [1.82, 2.24) is 0 Å². The molecule has 1 N–H and O–H groups in total. The first-order valence-corrected chi connectivity index (χ1v) is 8.64. The number of halogens is 5. The molecule has 2 aromatic carbocycles. The smallest absolute Gasteiger partial charge is 0.324 e. The van der Waals surface area contributed by atoms with Crippen LogP contribution in [-0.4, -0.2) is 18.4 Å². The Morgan fingerprint density at radius 2 is 1.78 bits per heavy atom. The summed E-state index contributed by atoms with van der Waals surface area (Å²) in [4.78, 5) is 26.1. The Bertz CT molecular complexity index is 885. The van der Waals surface area contributed by atoms with Crippen LogP contribution in [0.15, 0.2) is 42.5 Å². The van der Waals surface area contributed by atoms with E-state index in [-0.39, 0.29) is 29.6 Å². The summed E-state index contributed by atoms with van der Waals surface area (Å²) in [5, 5.41) is 2.89. The number of rotatable bonds is 3. The summed E-state index contributed by atoms with van der Waals surface area (Å²) in [5.41, 5.74) is -0.474. The minimum Gasteiger partial charge on any atom is -0.324 e. The summed E-state index contributed by atoms with van der Waals surface area (Å²) >= 11 is 11.7. The number of alkyl halides is 3. The van der Waals surface area contributed by atoms with Crippen molar-refractivity contribution in [1.29, 1.82) is 0 Å². The van der Waals surface area contributed by atoms with Gasteiger partial charge in [0, 0.05) is 23.7 Å². The quantitative estimate of drug-likeness (QED) is 0.764. The Morgan fingerprint density at radius 1 is 1.11 bits per heavy atom. The lowest BCUT2D eigenvalue weighted by Crippen LogP contribution is -2.28. The van der Waals surface area contributed by atoms with Crippen molar-refractivity contribution in [3.63, 3.8) is 0 Å². The van der Waals surface area contributed by atoms with E-state index in [9.17, 15) is 22.8 Å². The number of benzene rings is 2. The zero-order valence-electron chi connectivity index (χ0n) is 13.7. The highest BCUT2D eigenvalue weighted by Crippen LogP contribution is 2.34. The molecule has 0 unspecified atom stereocenters. The number of nitrogens with one attached hydrogen (secondary N) is 1. The van der Waals surface area contributed by atoms with E-state index in [0.717, 1.165) is 18.2 Å². The van der Waals surface area contributed by atoms with Gasteiger partial charge in [-0.2, -0.15) is 13.2 Å². The summed E-state index contributed by atoms with van der Waals surface area (Å²) in [5.74, 6) is -1.53. The standard InChI is InChI=1S/C18H13Cl2F3N2O2/c19-12-2-4-13(5-3-12)25-9-10(7-16(25)26)17(27)24-15-8-11(18(21,22)23)1-6-14(15)20/h1-6,8,10H,7,9H2,(H,24,27)/t10-/m0/s1. The molecule has 0 radical (unpaired) electrons. The van der Waals surface area contributed by atoms with Crippen LogP contribution >= 0.6 is 23.2 Å². The van der Waals surface area contributed by atoms with Gasteiger partial charge in [0.2, 0.25) is 11.8 Å². The molecule has 0 spiro atoms. The number of hydrogen-bond donors (Lipinski definition) is 1. The van der Waals surface area contributed by atoms with E-state index in [1.54, 1.807) is 24.3 Å². The van der Waals surface area contributed by atoms with Gasteiger partial charge in [-0.05, 0) is 42.5 Å². The maximum absolute atomic E-state index is 12.8. The number of carbonyl (C=O) groups is 2. The number of nitrogens with zero attached hydrogens (tertiary/aromatic N) is 1. The average molecular weight is 417 g/mol. The minimum absolute atomic E-state index is 0.0183. The third kappa shape index (κ3) is 4.36. The monoisotopic (exact) mass is 416 g/mol. The van der Waals surface area contributed by atoms with Crippen LogP contribution in [0, 0.1) is 5.92 Å². The minimum atomic E-state index is -4.56. The first-order valence-electron chi connectivity index (χ1n) is 7.88. The van der Waals surface area contributed by atoms with Crippen LogP contribution in [0.5, 0.6) is 0 Å². The molecule has 0 bridgehead atoms.